The monoisotopic (exact) mass is 281 g/mol. The lowest BCUT2D eigenvalue weighted by Crippen LogP contribution is -2.38. The smallest absolute Gasteiger partial charge is 0.325 e. The van der Waals surface area contributed by atoms with Crippen molar-refractivity contribution in [2.75, 3.05) is 11.9 Å². The first kappa shape index (κ1) is 13.4. The van der Waals surface area contributed by atoms with Gasteiger partial charge in [-0.1, -0.05) is 11.6 Å². The van der Waals surface area contributed by atoms with E-state index < -0.39 is 23.9 Å². The van der Waals surface area contributed by atoms with Gasteiger partial charge in [0.25, 0.3) is 5.91 Å². The van der Waals surface area contributed by atoms with Gasteiger partial charge < -0.3 is 10.6 Å². The molecule has 0 radical (unpaired) electrons. The number of amides is 4. The predicted molar refractivity (Wildman–Crippen MR) is 69.8 cm³/mol. The Balaban J connectivity index is 1.96. The molecule has 19 heavy (non-hydrogen) atoms. The highest BCUT2D eigenvalue weighted by molar-refractivity contribution is 6.30. The second-order valence-corrected chi connectivity index (χ2v) is 4.59. The molecule has 100 valence electrons. The minimum Gasteiger partial charge on any atom is -0.326 e. The largest absolute Gasteiger partial charge is 0.326 e. The molecule has 2 rings (SSSR count). The van der Waals surface area contributed by atoms with Crippen LogP contribution in [0.4, 0.5) is 10.5 Å². The van der Waals surface area contributed by atoms with Crippen LogP contribution in [-0.4, -0.2) is 35.3 Å². The van der Waals surface area contributed by atoms with Gasteiger partial charge in [0.05, 0.1) is 0 Å². The molecular formula is C12H12ClN3O3. The summed E-state index contributed by atoms with van der Waals surface area (Å²) in [5.74, 6) is -0.851. The van der Waals surface area contributed by atoms with Gasteiger partial charge in [-0.3, -0.25) is 14.5 Å². The summed E-state index contributed by atoms with van der Waals surface area (Å²) < 4.78 is 0. The molecule has 1 aliphatic heterocycles. The molecule has 1 aromatic carbocycles. The molecule has 1 aliphatic rings. The van der Waals surface area contributed by atoms with Crippen LogP contribution in [0.1, 0.15) is 6.92 Å². The van der Waals surface area contributed by atoms with Gasteiger partial charge in [-0.05, 0) is 31.2 Å². The lowest BCUT2D eigenvalue weighted by atomic mass is 10.3. The van der Waals surface area contributed by atoms with Crippen molar-refractivity contribution in [1.29, 1.82) is 0 Å². The minimum absolute atomic E-state index is 0.308. The van der Waals surface area contributed by atoms with Gasteiger partial charge in [-0.2, -0.15) is 0 Å². The molecule has 1 saturated heterocycles. The summed E-state index contributed by atoms with van der Waals surface area (Å²) in [6.07, 6.45) is 0. The van der Waals surface area contributed by atoms with Gasteiger partial charge in [0.15, 0.2) is 0 Å². The SMILES string of the molecule is C[C@H]1NC(=O)N(CC(=O)Nc2ccc(Cl)cc2)C1=O. The fraction of sp³-hybridized carbons (Fsp3) is 0.250. The van der Waals surface area contributed by atoms with Crippen molar-refractivity contribution < 1.29 is 14.4 Å². The zero-order chi connectivity index (χ0) is 14.0. The van der Waals surface area contributed by atoms with E-state index in [-0.39, 0.29) is 6.54 Å². The maximum Gasteiger partial charge on any atom is 0.325 e. The van der Waals surface area contributed by atoms with Crippen molar-refractivity contribution in [3.8, 4) is 0 Å². The number of rotatable bonds is 3. The van der Waals surface area contributed by atoms with E-state index in [1.165, 1.54) is 0 Å². The zero-order valence-corrected chi connectivity index (χ0v) is 10.9. The Morgan fingerprint density at radius 2 is 2.00 bits per heavy atom. The Morgan fingerprint density at radius 1 is 1.37 bits per heavy atom. The number of anilines is 1. The zero-order valence-electron chi connectivity index (χ0n) is 10.1. The van der Waals surface area contributed by atoms with Crippen molar-refractivity contribution in [1.82, 2.24) is 10.2 Å². The quantitative estimate of drug-likeness (QED) is 0.818. The molecule has 2 N–H and O–H groups in total. The molecule has 4 amide bonds. The molecule has 1 atom stereocenters. The fourth-order valence-electron chi connectivity index (χ4n) is 1.69. The summed E-state index contributed by atoms with van der Waals surface area (Å²) in [4.78, 5) is 35.6. The number of carbonyl (C=O) groups excluding carboxylic acids is 3. The molecule has 0 aromatic heterocycles. The Bertz CT molecular complexity index is 530. The van der Waals surface area contributed by atoms with Crippen LogP contribution >= 0.6 is 11.6 Å². The number of nitrogens with zero attached hydrogens (tertiary/aromatic N) is 1. The van der Waals surface area contributed by atoms with Gasteiger partial charge in [0.1, 0.15) is 12.6 Å². The van der Waals surface area contributed by atoms with Crippen molar-refractivity contribution >= 4 is 35.1 Å². The topological polar surface area (TPSA) is 78.5 Å². The van der Waals surface area contributed by atoms with Crippen molar-refractivity contribution in [2.45, 2.75) is 13.0 Å². The Labute approximate surface area is 114 Å². The summed E-state index contributed by atoms with van der Waals surface area (Å²) in [6.45, 7) is 1.26. The molecule has 0 unspecified atom stereocenters. The second kappa shape index (κ2) is 5.27. The Kier molecular flexibility index (Phi) is 3.71. The third-order valence-corrected chi connectivity index (χ3v) is 2.90. The molecule has 6 nitrogen and oxygen atoms in total. The Morgan fingerprint density at radius 3 is 2.53 bits per heavy atom. The van der Waals surface area contributed by atoms with E-state index in [0.29, 0.717) is 10.7 Å². The van der Waals surface area contributed by atoms with E-state index in [0.717, 1.165) is 4.90 Å². The van der Waals surface area contributed by atoms with Gasteiger partial charge in [0.2, 0.25) is 5.91 Å². The van der Waals surface area contributed by atoms with E-state index >= 15 is 0 Å². The third kappa shape index (κ3) is 3.03. The highest BCUT2D eigenvalue weighted by atomic mass is 35.5. The van der Waals surface area contributed by atoms with Crippen molar-refractivity contribution in [3.63, 3.8) is 0 Å². The van der Waals surface area contributed by atoms with Gasteiger partial charge >= 0.3 is 6.03 Å². The van der Waals surface area contributed by atoms with Crippen LogP contribution in [0.15, 0.2) is 24.3 Å². The first-order chi connectivity index (χ1) is 8.97. The second-order valence-electron chi connectivity index (χ2n) is 4.15. The molecule has 0 aliphatic carbocycles. The highest BCUT2D eigenvalue weighted by Crippen LogP contribution is 2.13. The van der Waals surface area contributed by atoms with Crippen LogP contribution in [0.5, 0.6) is 0 Å². The fourth-order valence-corrected chi connectivity index (χ4v) is 1.81. The highest BCUT2D eigenvalue weighted by Gasteiger charge is 2.36. The molecule has 0 saturated carbocycles. The number of hydrogen-bond acceptors (Lipinski definition) is 3. The number of imide groups is 1. The normalized spacial score (nSPS) is 18.4. The average molecular weight is 282 g/mol. The molecule has 1 aromatic rings. The number of nitrogens with one attached hydrogen (secondary N) is 2. The van der Waals surface area contributed by atoms with Crippen molar-refractivity contribution in [2.24, 2.45) is 0 Å². The molecule has 0 spiro atoms. The summed E-state index contributed by atoms with van der Waals surface area (Å²) in [5.41, 5.74) is 0.550. The molecule has 7 heteroatoms. The first-order valence-corrected chi connectivity index (χ1v) is 6.02. The maximum atomic E-state index is 11.7. The van der Waals surface area contributed by atoms with E-state index in [1.54, 1.807) is 31.2 Å². The number of urea groups is 1. The number of halogens is 1. The van der Waals surface area contributed by atoms with Crippen LogP contribution in [0.3, 0.4) is 0 Å². The number of benzene rings is 1. The van der Waals surface area contributed by atoms with E-state index in [9.17, 15) is 14.4 Å². The number of hydrogen-bond donors (Lipinski definition) is 2. The van der Waals surface area contributed by atoms with Crippen LogP contribution in [-0.2, 0) is 9.59 Å². The van der Waals surface area contributed by atoms with Crippen LogP contribution in [0.2, 0.25) is 5.02 Å². The predicted octanol–water partition coefficient (Wildman–Crippen LogP) is 1.22. The first-order valence-electron chi connectivity index (χ1n) is 5.64. The third-order valence-electron chi connectivity index (χ3n) is 2.65. The van der Waals surface area contributed by atoms with E-state index in [1.807, 2.05) is 0 Å². The summed E-state index contributed by atoms with van der Waals surface area (Å²) >= 11 is 5.72. The van der Waals surface area contributed by atoms with Crippen molar-refractivity contribution in [3.05, 3.63) is 29.3 Å². The van der Waals surface area contributed by atoms with Crippen LogP contribution < -0.4 is 10.6 Å². The summed E-state index contributed by atoms with van der Waals surface area (Å²) in [5, 5.41) is 5.57. The van der Waals surface area contributed by atoms with Gasteiger partial charge in [0, 0.05) is 10.7 Å². The van der Waals surface area contributed by atoms with Gasteiger partial charge in [-0.15, -0.1) is 0 Å². The maximum absolute atomic E-state index is 11.7. The lowest BCUT2D eigenvalue weighted by Gasteiger charge is -2.12. The minimum atomic E-state index is -0.587. The van der Waals surface area contributed by atoms with Crippen LogP contribution in [0.25, 0.3) is 0 Å². The molecule has 1 heterocycles. The summed E-state index contributed by atoms with van der Waals surface area (Å²) in [7, 11) is 0. The molecule has 0 bridgehead atoms. The molecule has 1 fully saturated rings. The van der Waals surface area contributed by atoms with E-state index in [2.05, 4.69) is 10.6 Å². The standard InChI is InChI=1S/C12H12ClN3O3/c1-7-11(18)16(12(19)14-7)6-10(17)15-9-4-2-8(13)3-5-9/h2-5,7H,6H2,1H3,(H,14,19)(H,15,17)/t7-/m1/s1. The summed E-state index contributed by atoms with van der Waals surface area (Å²) in [6, 6.07) is 5.39. The van der Waals surface area contributed by atoms with E-state index in [4.69, 9.17) is 11.6 Å². The average Bonchev–Trinajstić information content (AvgIpc) is 2.59. The van der Waals surface area contributed by atoms with Gasteiger partial charge in [-0.25, -0.2) is 4.79 Å². The Hall–Kier alpha value is -2.08. The molecular weight excluding hydrogens is 270 g/mol. The lowest BCUT2D eigenvalue weighted by molar-refractivity contribution is -0.130. The number of carbonyl (C=O) groups is 3. The van der Waals surface area contributed by atoms with Crippen LogP contribution in [0, 0.1) is 0 Å².